The highest BCUT2D eigenvalue weighted by Crippen LogP contribution is 2.43. The quantitative estimate of drug-likeness (QED) is 0.0917. The highest BCUT2D eigenvalue weighted by atomic mass is 19.1. The van der Waals surface area contributed by atoms with Crippen LogP contribution < -0.4 is 24.0 Å². The molecule has 19 nitrogen and oxygen atoms in total. The smallest absolute Gasteiger partial charge is 0.150 e. The summed E-state index contributed by atoms with van der Waals surface area (Å²) < 4.78 is 60.6. The van der Waals surface area contributed by atoms with Crippen molar-refractivity contribution in [1.29, 1.82) is 15.8 Å². The highest BCUT2D eigenvalue weighted by molar-refractivity contribution is 5.99. The zero-order valence-corrected chi connectivity index (χ0v) is 59.1. The molecule has 19 rings (SSSR count). The number of nitriles is 3. The number of pyridine rings is 3. The number of hydrogen-bond acceptors (Lipinski definition) is 16. The molecular weight excluding hydrogens is 1350 g/mol. The lowest BCUT2D eigenvalue weighted by Crippen LogP contribution is -2.66. The molecule has 1 aliphatic carbocycles. The number of aromatic amines is 3. The van der Waals surface area contributed by atoms with E-state index in [1.165, 1.54) is 23.0 Å². The van der Waals surface area contributed by atoms with Crippen LogP contribution in [0.15, 0.2) is 176 Å². The zero-order chi connectivity index (χ0) is 72.2. The Balaban J connectivity index is 0.000000118. The van der Waals surface area contributed by atoms with Crippen molar-refractivity contribution in [3.63, 3.8) is 0 Å². The minimum atomic E-state index is -0.442. The molecule has 0 unspecified atom stereocenters. The SMILES string of the molecule is N#Cc1cc(-c2c(F)cnc3[nH]c(-c4ccc(N5CCOCC5)cc4)cc23)ccc1OC1CCOCC1.N#Cc1cc(-c2ccnc3[nH]c(-c4ccc(N5CC6(COC6)C5)cc4)cc23)ccc1OC1CCOCC1.N#Cc1cc(-c2ccnc3[nH]c(-c4ccc5c(c4)C=CC5)cc23)ccc1OC1CCOCC1. The Labute approximate surface area is 618 Å². The lowest BCUT2D eigenvalue weighted by Gasteiger charge is -2.56. The molecule has 6 aromatic heterocycles. The highest BCUT2D eigenvalue weighted by Gasteiger charge is 2.49. The van der Waals surface area contributed by atoms with Crippen LogP contribution in [0.1, 0.15) is 66.3 Å². The third-order valence-electron chi connectivity index (χ3n) is 21.3. The molecular formula is C87H78FN11O8. The molecule has 0 atom stereocenters. The summed E-state index contributed by atoms with van der Waals surface area (Å²) in [6.07, 6.45) is 15.4. The Bertz CT molecular complexity index is 5420. The number of benzene rings is 6. The monoisotopic (exact) mass is 1420 g/mol. The summed E-state index contributed by atoms with van der Waals surface area (Å²) >= 11 is 0. The van der Waals surface area contributed by atoms with Crippen LogP contribution in [0.2, 0.25) is 0 Å². The number of rotatable bonds is 14. The summed E-state index contributed by atoms with van der Waals surface area (Å²) in [5.41, 5.74) is 20.3. The molecule has 107 heavy (non-hydrogen) atoms. The van der Waals surface area contributed by atoms with Gasteiger partial charge in [-0.1, -0.05) is 66.7 Å². The molecule has 0 saturated carbocycles. The number of ether oxygens (including phenoxy) is 8. The number of nitrogens with zero attached hydrogens (tertiary/aromatic N) is 8. The van der Waals surface area contributed by atoms with Gasteiger partial charge in [0.05, 0.1) is 94.4 Å². The Morgan fingerprint density at radius 3 is 1.36 bits per heavy atom. The number of fused-ring (bicyclic) bond motifs is 4. The van der Waals surface area contributed by atoms with E-state index in [0.717, 1.165) is 181 Å². The second kappa shape index (κ2) is 30.4. The maximum atomic E-state index is 15.2. The first-order valence-electron chi connectivity index (χ1n) is 36.8. The first kappa shape index (κ1) is 68.4. The van der Waals surface area contributed by atoms with Crippen molar-refractivity contribution >= 4 is 50.6 Å². The second-order valence-corrected chi connectivity index (χ2v) is 28.4. The fourth-order valence-electron chi connectivity index (χ4n) is 15.4. The van der Waals surface area contributed by atoms with Crippen molar-refractivity contribution in [2.75, 3.05) is 102 Å². The van der Waals surface area contributed by atoms with E-state index in [0.29, 0.717) is 101 Å². The summed E-state index contributed by atoms with van der Waals surface area (Å²) in [5.74, 6) is 1.34. The van der Waals surface area contributed by atoms with Gasteiger partial charge >= 0.3 is 0 Å². The molecule has 536 valence electrons. The summed E-state index contributed by atoms with van der Waals surface area (Å²) in [6, 6.07) is 57.6. The fourth-order valence-corrected chi connectivity index (χ4v) is 15.4. The van der Waals surface area contributed by atoms with Crippen molar-refractivity contribution < 1.29 is 42.3 Å². The van der Waals surface area contributed by atoms with E-state index in [2.05, 4.69) is 149 Å². The molecule has 6 aromatic carbocycles. The topological polar surface area (TPSA) is 238 Å². The van der Waals surface area contributed by atoms with Gasteiger partial charge in [0, 0.05) is 127 Å². The first-order chi connectivity index (χ1) is 52.7. The van der Waals surface area contributed by atoms with Gasteiger partial charge in [-0.25, -0.2) is 19.3 Å². The number of nitrogens with one attached hydrogen (secondary N) is 3. The number of aromatic nitrogens is 6. The maximum absolute atomic E-state index is 15.2. The molecule has 7 aliphatic rings. The van der Waals surface area contributed by atoms with Crippen LogP contribution in [0.3, 0.4) is 0 Å². The molecule has 1 spiro atoms. The molecule has 20 heteroatoms. The lowest BCUT2D eigenvalue weighted by atomic mass is 9.78. The van der Waals surface area contributed by atoms with Gasteiger partial charge in [0.1, 0.15) is 76.5 Å². The lowest BCUT2D eigenvalue weighted by molar-refractivity contribution is -0.127. The molecule has 0 radical (unpaired) electrons. The normalized spacial score (nSPS) is 17.0. The van der Waals surface area contributed by atoms with Crippen LogP contribution >= 0.6 is 0 Å². The first-order valence-corrected chi connectivity index (χ1v) is 36.8. The van der Waals surface area contributed by atoms with Gasteiger partial charge < -0.3 is 62.6 Å². The van der Waals surface area contributed by atoms with E-state index < -0.39 is 5.82 Å². The second-order valence-electron chi connectivity index (χ2n) is 28.4. The average molecular weight is 1420 g/mol. The Morgan fingerprint density at radius 2 is 0.869 bits per heavy atom. The van der Waals surface area contributed by atoms with Gasteiger partial charge in [-0.05, 0) is 159 Å². The van der Waals surface area contributed by atoms with Gasteiger partial charge in [0.25, 0.3) is 0 Å². The van der Waals surface area contributed by atoms with E-state index in [-0.39, 0.29) is 18.3 Å². The van der Waals surface area contributed by atoms with Crippen molar-refractivity contribution in [2.45, 2.75) is 63.3 Å². The number of H-pyrrole nitrogens is 3. The van der Waals surface area contributed by atoms with Gasteiger partial charge in [-0.3, -0.25) is 0 Å². The molecule has 12 heterocycles. The summed E-state index contributed by atoms with van der Waals surface area (Å²) in [6.45, 7) is 11.3. The van der Waals surface area contributed by atoms with Crippen molar-refractivity contribution in [1.82, 2.24) is 29.9 Å². The van der Waals surface area contributed by atoms with Crippen LogP contribution in [-0.2, 0) is 30.1 Å². The van der Waals surface area contributed by atoms with Gasteiger partial charge in [-0.2, -0.15) is 15.8 Å². The van der Waals surface area contributed by atoms with Gasteiger partial charge in [-0.15, -0.1) is 0 Å². The molecule has 6 fully saturated rings. The molecule has 6 aliphatic heterocycles. The maximum Gasteiger partial charge on any atom is 0.150 e. The molecule has 6 saturated heterocycles. The van der Waals surface area contributed by atoms with E-state index in [9.17, 15) is 15.8 Å². The average Bonchev–Trinajstić information content (AvgIpc) is 1.29. The minimum Gasteiger partial charge on any atom is -0.489 e. The van der Waals surface area contributed by atoms with Gasteiger partial charge in [0.15, 0.2) is 0 Å². The van der Waals surface area contributed by atoms with Crippen LogP contribution in [-0.4, -0.2) is 140 Å². The fraction of sp³-hybridized carbons (Fsp3) is 0.287. The van der Waals surface area contributed by atoms with E-state index in [1.54, 1.807) is 18.2 Å². The largest absolute Gasteiger partial charge is 0.489 e. The predicted molar refractivity (Wildman–Crippen MR) is 410 cm³/mol. The van der Waals surface area contributed by atoms with Gasteiger partial charge in [0.2, 0.25) is 0 Å². The van der Waals surface area contributed by atoms with Crippen molar-refractivity contribution in [3.05, 3.63) is 210 Å². The third-order valence-corrected chi connectivity index (χ3v) is 21.3. The van der Waals surface area contributed by atoms with E-state index in [1.807, 2.05) is 67.0 Å². The van der Waals surface area contributed by atoms with Crippen LogP contribution in [0.25, 0.3) is 106 Å². The predicted octanol–water partition coefficient (Wildman–Crippen LogP) is 16.4. The molecule has 12 aromatic rings. The summed E-state index contributed by atoms with van der Waals surface area (Å²) in [7, 11) is 0. The Hall–Kier alpha value is -11.7. The molecule has 0 bridgehead atoms. The number of anilines is 2. The van der Waals surface area contributed by atoms with Crippen molar-refractivity contribution in [3.8, 4) is 103 Å². The minimum absolute atomic E-state index is 0.0120. The molecule has 0 amide bonds. The number of allylic oxidation sites excluding steroid dienone is 1. The third kappa shape index (κ3) is 14.5. The number of morpholine rings is 1. The Kier molecular flexibility index (Phi) is 19.5. The van der Waals surface area contributed by atoms with E-state index in [4.69, 9.17) is 37.9 Å². The van der Waals surface area contributed by atoms with E-state index >= 15 is 4.39 Å². The number of hydrogen-bond donors (Lipinski definition) is 3. The zero-order valence-electron chi connectivity index (χ0n) is 59.1. The Morgan fingerprint density at radius 1 is 0.439 bits per heavy atom. The van der Waals surface area contributed by atoms with Crippen LogP contribution in [0.4, 0.5) is 15.8 Å². The van der Waals surface area contributed by atoms with Crippen LogP contribution in [0.5, 0.6) is 17.2 Å². The van der Waals surface area contributed by atoms with Crippen LogP contribution in [0, 0.1) is 45.2 Å². The summed E-state index contributed by atoms with van der Waals surface area (Å²) in [4.78, 5) is 28.4. The molecule has 3 N–H and O–H groups in total. The number of halogens is 1. The van der Waals surface area contributed by atoms with Crippen molar-refractivity contribution in [2.24, 2.45) is 5.41 Å². The summed E-state index contributed by atoms with van der Waals surface area (Å²) in [5, 5.41) is 32.1. The standard InChI is InChI=1S/C30H28N4O3.C29H27FN4O3.C28H23N3O2/c31-15-22-13-21(3-6-28(22)37-24-8-11-35-12-9-24)25-7-10-32-29-26(25)14-27(33-29)20-1-4-23(5-2-20)34-16-30(17-34)18-36-19-30;30-25-18-32-29-24(16-26(33-29)19-1-4-22(5-2-19)34-9-13-36-14-10-34)28(25)20-3-6-27(21(15-20)17-31)37-23-7-11-35-12-8-23;29-17-22-15-20(6-7-27(22)33-23-9-12-32-13-10-23)24-8-11-30-28-25(24)16-26(31-28)21-5-4-18-2-1-3-19(18)14-21/h1-7,10,13-14,24H,8-9,11-12,16-19H2,(H,32,33);1-6,15-16,18,23H,7-14H2,(H,32,33);1,3-8,11,14-16,23H,2,9-10,12-13H2,(H,30,31).